The van der Waals surface area contributed by atoms with Crippen LogP contribution in [-0.2, 0) is 16.1 Å². The number of benzene rings is 3. The lowest BCUT2D eigenvalue weighted by Crippen LogP contribution is -2.05. The monoisotopic (exact) mass is 423 g/mol. The molecule has 0 aliphatic carbocycles. The Morgan fingerprint density at radius 1 is 0.966 bits per heavy atom. The Balaban J connectivity index is 1.47. The average molecular weight is 424 g/mol. The van der Waals surface area contributed by atoms with Gasteiger partial charge in [0.15, 0.2) is 5.70 Å². The van der Waals surface area contributed by atoms with Crippen LogP contribution in [0.15, 0.2) is 83.5 Å². The van der Waals surface area contributed by atoms with Gasteiger partial charge in [-0.05, 0) is 53.6 Å². The van der Waals surface area contributed by atoms with E-state index in [0.29, 0.717) is 28.0 Å². The van der Waals surface area contributed by atoms with Crippen LogP contribution in [0.2, 0.25) is 10.0 Å². The number of nitrogens with zero attached hydrogens (tertiary/aromatic N) is 1. The fourth-order valence-electron chi connectivity index (χ4n) is 2.77. The molecule has 0 aromatic heterocycles. The Hall–Kier alpha value is -3.08. The van der Waals surface area contributed by atoms with Crippen LogP contribution in [0.1, 0.15) is 16.7 Å². The predicted molar refractivity (Wildman–Crippen MR) is 114 cm³/mol. The van der Waals surface area contributed by atoms with Gasteiger partial charge in [-0.25, -0.2) is 9.79 Å². The van der Waals surface area contributed by atoms with Crippen molar-refractivity contribution in [3.63, 3.8) is 0 Å². The van der Waals surface area contributed by atoms with Gasteiger partial charge in [0.05, 0.1) is 10.6 Å². The zero-order valence-electron chi connectivity index (χ0n) is 15.1. The number of cyclic esters (lactones) is 1. The summed E-state index contributed by atoms with van der Waals surface area (Å²) in [6.07, 6.45) is 1.66. The van der Waals surface area contributed by atoms with Crippen LogP contribution in [0.5, 0.6) is 5.75 Å². The smallest absolute Gasteiger partial charge is 0.363 e. The van der Waals surface area contributed by atoms with E-state index >= 15 is 0 Å². The third-order valence-corrected chi connectivity index (χ3v) is 4.77. The van der Waals surface area contributed by atoms with Gasteiger partial charge in [-0.15, -0.1) is 0 Å². The lowest BCUT2D eigenvalue weighted by molar-refractivity contribution is -0.129. The molecule has 144 valence electrons. The van der Waals surface area contributed by atoms with E-state index in [1.54, 1.807) is 30.3 Å². The molecule has 0 N–H and O–H groups in total. The highest BCUT2D eigenvalue weighted by atomic mass is 35.5. The van der Waals surface area contributed by atoms with Crippen molar-refractivity contribution in [2.45, 2.75) is 6.61 Å². The molecule has 3 aromatic rings. The summed E-state index contributed by atoms with van der Waals surface area (Å²) in [7, 11) is 0. The number of ether oxygens (including phenoxy) is 2. The third-order valence-electron chi connectivity index (χ3n) is 4.20. The normalized spacial score (nSPS) is 14.6. The molecule has 0 amide bonds. The van der Waals surface area contributed by atoms with Crippen molar-refractivity contribution in [2.24, 2.45) is 4.99 Å². The van der Waals surface area contributed by atoms with E-state index in [0.717, 1.165) is 11.1 Å². The summed E-state index contributed by atoms with van der Waals surface area (Å²) >= 11 is 12.1. The first-order valence-electron chi connectivity index (χ1n) is 8.83. The van der Waals surface area contributed by atoms with Crippen molar-refractivity contribution < 1.29 is 14.3 Å². The maximum absolute atomic E-state index is 12.1. The van der Waals surface area contributed by atoms with Gasteiger partial charge in [0.1, 0.15) is 12.4 Å². The maximum Gasteiger partial charge on any atom is 0.363 e. The minimum Gasteiger partial charge on any atom is -0.489 e. The standard InChI is InChI=1S/C23H15Cl2NO3/c24-17-5-3-4-16(12-17)14-28-18-10-8-15(9-11-18)13-21-23(27)29-22(26-21)19-6-1-2-7-20(19)25/h1-13H,14H2/b21-13-. The molecule has 4 rings (SSSR count). The fraction of sp³-hybridized carbons (Fsp3) is 0.0435. The molecule has 0 spiro atoms. The van der Waals surface area contributed by atoms with Crippen LogP contribution in [0, 0.1) is 0 Å². The maximum atomic E-state index is 12.1. The number of carbonyl (C=O) groups is 1. The van der Waals surface area contributed by atoms with E-state index in [1.165, 1.54) is 0 Å². The van der Waals surface area contributed by atoms with Gasteiger partial charge in [0.2, 0.25) is 5.90 Å². The molecule has 0 unspecified atom stereocenters. The van der Waals surface area contributed by atoms with Gasteiger partial charge in [-0.2, -0.15) is 0 Å². The molecule has 6 heteroatoms. The van der Waals surface area contributed by atoms with E-state index in [-0.39, 0.29) is 11.6 Å². The van der Waals surface area contributed by atoms with Crippen molar-refractivity contribution in [3.8, 4) is 5.75 Å². The average Bonchev–Trinajstić information content (AvgIpc) is 3.08. The number of aliphatic imine (C=N–C) groups is 1. The van der Waals surface area contributed by atoms with Crippen LogP contribution >= 0.6 is 23.2 Å². The summed E-state index contributed by atoms with van der Waals surface area (Å²) in [5.74, 6) is 0.399. The minimum atomic E-state index is -0.513. The molecule has 0 fully saturated rings. The second kappa shape index (κ2) is 8.52. The number of hydrogen-bond acceptors (Lipinski definition) is 4. The van der Waals surface area contributed by atoms with E-state index < -0.39 is 5.97 Å². The molecule has 1 aliphatic heterocycles. The Morgan fingerprint density at radius 3 is 2.52 bits per heavy atom. The van der Waals surface area contributed by atoms with E-state index in [4.69, 9.17) is 32.7 Å². The highest BCUT2D eigenvalue weighted by Gasteiger charge is 2.25. The Labute approximate surface area is 178 Å². The number of hydrogen-bond donors (Lipinski definition) is 0. The summed E-state index contributed by atoms with van der Waals surface area (Å²) < 4.78 is 11.0. The summed E-state index contributed by atoms with van der Waals surface area (Å²) in [6, 6.07) is 21.9. The molecule has 0 radical (unpaired) electrons. The number of carbonyl (C=O) groups excluding carboxylic acids is 1. The molecule has 0 bridgehead atoms. The van der Waals surface area contributed by atoms with E-state index in [9.17, 15) is 4.79 Å². The largest absolute Gasteiger partial charge is 0.489 e. The zero-order valence-corrected chi connectivity index (χ0v) is 16.7. The topological polar surface area (TPSA) is 47.9 Å². The summed E-state index contributed by atoms with van der Waals surface area (Å²) in [6.45, 7) is 0.415. The summed E-state index contributed by atoms with van der Waals surface area (Å²) in [5.41, 5.74) is 2.58. The Morgan fingerprint density at radius 2 is 1.76 bits per heavy atom. The first-order valence-corrected chi connectivity index (χ1v) is 9.59. The molecule has 1 aliphatic rings. The summed E-state index contributed by atoms with van der Waals surface area (Å²) in [5, 5.41) is 1.15. The van der Waals surface area contributed by atoms with Gasteiger partial charge in [-0.1, -0.05) is 59.6 Å². The van der Waals surface area contributed by atoms with E-state index in [1.807, 2.05) is 48.5 Å². The highest BCUT2D eigenvalue weighted by molar-refractivity contribution is 6.34. The summed E-state index contributed by atoms with van der Waals surface area (Å²) in [4.78, 5) is 16.4. The molecule has 3 aromatic carbocycles. The quantitative estimate of drug-likeness (QED) is 0.378. The van der Waals surface area contributed by atoms with Crippen LogP contribution < -0.4 is 4.74 Å². The highest BCUT2D eigenvalue weighted by Crippen LogP contribution is 2.24. The second-order valence-electron chi connectivity index (χ2n) is 6.30. The van der Waals surface area contributed by atoms with Crippen molar-refractivity contribution in [3.05, 3.63) is 105 Å². The lowest BCUT2D eigenvalue weighted by atomic mass is 10.2. The van der Waals surface area contributed by atoms with E-state index in [2.05, 4.69) is 4.99 Å². The minimum absolute atomic E-state index is 0.202. The Kier molecular flexibility index (Phi) is 5.65. The molecule has 0 saturated carbocycles. The molecular weight excluding hydrogens is 409 g/mol. The SMILES string of the molecule is O=C1OC(c2ccccc2Cl)=N/C1=C\c1ccc(OCc2cccc(Cl)c2)cc1. The number of rotatable bonds is 5. The van der Waals surface area contributed by atoms with Gasteiger partial charge >= 0.3 is 5.97 Å². The lowest BCUT2D eigenvalue weighted by Gasteiger charge is -2.07. The molecule has 4 nitrogen and oxygen atoms in total. The van der Waals surface area contributed by atoms with Gasteiger partial charge < -0.3 is 9.47 Å². The molecule has 1 heterocycles. The first kappa shape index (κ1) is 19.2. The van der Waals surface area contributed by atoms with Crippen LogP contribution in [0.3, 0.4) is 0 Å². The van der Waals surface area contributed by atoms with Crippen LogP contribution in [0.4, 0.5) is 0 Å². The fourth-order valence-corrected chi connectivity index (χ4v) is 3.20. The molecule has 29 heavy (non-hydrogen) atoms. The van der Waals surface area contributed by atoms with Crippen molar-refractivity contribution in [2.75, 3.05) is 0 Å². The van der Waals surface area contributed by atoms with Gasteiger partial charge in [0, 0.05) is 5.02 Å². The van der Waals surface area contributed by atoms with Crippen LogP contribution in [0.25, 0.3) is 6.08 Å². The molecule has 0 saturated heterocycles. The number of esters is 1. The van der Waals surface area contributed by atoms with Crippen molar-refractivity contribution in [1.29, 1.82) is 0 Å². The van der Waals surface area contributed by atoms with Gasteiger partial charge in [-0.3, -0.25) is 0 Å². The molecular formula is C23H15Cl2NO3. The Bertz CT molecular complexity index is 1120. The predicted octanol–water partition coefficient (Wildman–Crippen LogP) is 5.92. The first-order chi connectivity index (χ1) is 14.1. The zero-order chi connectivity index (χ0) is 20.2. The van der Waals surface area contributed by atoms with Crippen molar-refractivity contribution >= 4 is 41.1 Å². The third kappa shape index (κ3) is 4.67. The number of halogens is 2. The van der Waals surface area contributed by atoms with Crippen LogP contribution in [-0.4, -0.2) is 11.9 Å². The van der Waals surface area contributed by atoms with Gasteiger partial charge in [0.25, 0.3) is 0 Å². The molecule has 0 atom stereocenters. The second-order valence-corrected chi connectivity index (χ2v) is 7.15. The van der Waals surface area contributed by atoms with Crippen molar-refractivity contribution in [1.82, 2.24) is 0 Å².